The highest BCUT2D eigenvalue weighted by molar-refractivity contribution is 7.52. The van der Waals surface area contributed by atoms with Crippen molar-refractivity contribution in [2.24, 2.45) is 0 Å². The molecule has 0 fully saturated rings. The van der Waals surface area contributed by atoms with E-state index in [0.717, 1.165) is 0 Å². The number of hydrogen-bond donors (Lipinski definition) is 2. The van der Waals surface area contributed by atoms with Gasteiger partial charge in [-0.1, -0.05) is 60.7 Å². The molecule has 0 aliphatic heterocycles. The van der Waals surface area contributed by atoms with E-state index in [1.54, 1.807) is 48.5 Å². The molecule has 2 aromatic rings. The number of benzene rings is 2. The van der Waals surface area contributed by atoms with Gasteiger partial charge in [0.15, 0.2) is 0 Å². The third-order valence-corrected chi connectivity index (χ3v) is 3.84. The molecule has 0 aromatic heterocycles. The standard InChI is InChI=1S/C13H13O3P/c14-17(15,16)13(11-7-3-1-4-8-11)12-9-5-2-6-10-12/h1-10,13H,(H2,14,15,16). The van der Waals surface area contributed by atoms with Gasteiger partial charge in [0.25, 0.3) is 0 Å². The van der Waals surface area contributed by atoms with Gasteiger partial charge >= 0.3 is 7.60 Å². The Labute approximate surface area is 99.9 Å². The Balaban J connectivity index is 2.52. The molecule has 0 saturated carbocycles. The van der Waals surface area contributed by atoms with Gasteiger partial charge in [0.05, 0.1) is 0 Å². The van der Waals surface area contributed by atoms with Crippen LogP contribution in [0.15, 0.2) is 60.7 Å². The zero-order chi connectivity index (χ0) is 12.3. The van der Waals surface area contributed by atoms with E-state index in [-0.39, 0.29) is 0 Å². The van der Waals surface area contributed by atoms with E-state index < -0.39 is 13.3 Å². The van der Waals surface area contributed by atoms with E-state index in [4.69, 9.17) is 0 Å². The molecule has 0 heterocycles. The molecule has 0 aliphatic carbocycles. The van der Waals surface area contributed by atoms with Crippen molar-refractivity contribution < 1.29 is 14.4 Å². The van der Waals surface area contributed by atoms with E-state index in [1.165, 1.54) is 0 Å². The first-order valence-corrected chi connectivity index (χ1v) is 6.92. The van der Waals surface area contributed by atoms with Gasteiger partial charge in [0, 0.05) is 0 Å². The van der Waals surface area contributed by atoms with Crippen molar-refractivity contribution in [1.82, 2.24) is 0 Å². The fraction of sp³-hybridized carbons (Fsp3) is 0.0769. The van der Waals surface area contributed by atoms with E-state index in [0.29, 0.717) is 11.1 Å². The quantitative estimate of drug-likeness (QED) is 0.821. The summed E-state index contributed by atoms with van der Waals surface area (Å²) in [6, 6.07) is 17.7. The second-order valence-electron chi connectivity index (χ2n) is 3.81. The average Bonchev–Trinajstić information content (AvgIpc) is 2.30. The van der Waals surface area contributed by atoms with Crippen molar-refractivity contribution in [3.05, 3.63) is 71.8 Å². The van der Waals surface area contributed by atoms with Gasteiger partial charge in [-0.25, -0.2) is 0 Å². The van der Waals surface area contributed by atoms with Crippen LogP contribution in [0.1, 0.15) is 16.8 Å². The maximum Gasteiger partial charge on any atom is 0.337 e. The first-order chi connectivity index (χ1) is 8.09. The molecule has 0 radical (unpaired) electrons. The van der Waals surface area contributed by atoms with E-state index in [2.05, 4.69) is 0 Å². The van der Waals surface area contributed by atoms with Crippen LogP contribution >= 0.6 is 7.60 Å². The fourth-order valence-corrected chi connectivity index (χ4v) is 2.97. The Morgan fingerprint density at radius 1 is 0.765 bits per heavy atom. The molecule has 0 saturated heterocycles. The minimum absolute atomic E-state index is 0.632. The predicted molar refractivity (Wildman–Crippen MR) is 66.8 cm³/mol. The van der Waals surface area contributed by atoms with Crippen molar-refractivity contribution in [3.8, 4) is 0 Å². The normalized spacial score (nSPS) is 11.7. The van der Waals surface area contributed by atoms with Crippen LogP contribution in [0.4, 0.5) is 0 Å². The SMILES string of the molecule is O=P(O)(O)C(c1ccccc1)c1ccccc1. The molecule has 4 heteroatoms. The van der Waals surface area contributed by atoms with Crippen LogP contribution in [0.3, 0.4) is 0 Å². The number of hydrogen-bond acceptors (Lipinski definition) is 1. The van der Waals surface area contributed by atoms with Crippen LogP contribution in [0.5, 0.6) is 0 Å². The summed E-state index contributed by atoms with van der Waals surface area (Å²) in [6.07, 6.45) is 0. The Bertz CT molecular complexity index is 479. The van der Waals surface area contributed by atoms with Gasteiger partial charge in [-0.3, -0.25) is 4.57 Å². The van der Waals surface area contributed by atoms with Crippen molar-refractivity contribution >= 4 is 7.60 Å². The molecule has 17 heavy (non-hydrogen) atoms. The first kappa shape index (κ1) is 12.1. The summed E-state index contributed by atoms with van der Waals surface area (Å²) < 4.78 is 11.6. The largest absolute Gasteiger partial charge is 0.337 e. The summed E-state index contributed by atoms with van der Waals surface area (Å²) >= 11 is 0. The summed E-state index contributed by atoms with van der Waals surface area (Å²) in [5.41, 5.74) is 0.379. The summed E-state index contributed by atoms with van der Waals surface area (Å²) in [7, 11) is -4.22. The summed E-state index contributed by atoms with van der Waals surface area (Å²) in [6.45, 7) is 0. The van der Waals surface area contributed by atoms with Crippen LogP contribution in [0.25, 0.3) is 0 Å². The van der Waals surface area contributed by atoms with Crippen LogP contribution in [-0.2, 0) is 4.57 Å². The van der Waals surface area contributed by atoms with Gasteiger partial charge in [0.1, 0.15) is 5.66 Å². The Hall–Kier alpha value is -1.41. The third-order valence-electron chi connectivity index (χ3n) is 2.57. The molecular weight excluding hydrogens is 235 g/mol. The molecule has 0 amide bonds. The topological polar surface area (TPSA) is 57.5 Å². The lowest BCUT2D eigenvalue weighted by molar-refractivity contribution is 0.364. The van der Waals surface area contributed by atoms with Crippen molar-refractivity contribution in [1.29, 1.82) is 0 Å². The zero-order valence-corrected chi connectivity index (χ0v) is 10.00. The monoisotopic (exact) mass is 248 g/mol. The van der Waals surface area contributed by atoms with Crippen molar-refractivity contribution in [2.45, 2.75) is 5.66 Å². The Morgan fingerprint density at radius 2 is 1.12 bits per heavy atom. The van der Waals surface area contributed by atoms with Gasteiger partial charge < -0.3 is 9.79 Å². The maximum atomic E-state index is 11.6. The number of rotatable bonds is 3. The average molecular weight is 248 g/mol. The molecular formula is C13H13O3P. The molecule has 0 aliphatic rings. The summed E-state index contributed by atoms with van der Waals surface area (Å²) in [4.78, 5) is 19.0. The maximum absolute atomic E-state index is 11.6. The first-order valence-electron chi connectivity index (χ1n) is 5.24. The lowest BCUT2D eigenvalue weighted by Gasteiger charge is -2.19. The van der Waals surface area contributed by atoms with Crippen molar-refractivity contribution in [3.63, 3.8) is 0 Å². The van der Waals surface area contributed by atoms with Gasteiger partial charge in [-0.05, 0) is 11.1 Å². The fourth-order valence-electron chi connectivity index (χ4n) is 1.85. The third kappa shape index (κ3) is 2.83. The van der Waals surface area contributed by atoms with E-state index in [1.807, 2.05) is 12.1 Å². The second kappa shape index (κ2) is 4.84. The highest BCUT2D eigenvalue weighted by atomic mass is 31.2. The van der Waals surface area contributed by atoms with Gasteiger partial charge in [0.2, 0.25) is 0 Å². The van der Waals surface area contributed by atoms with Gasteiger partial charge in [-0.2, -0.15) is 0 Å². The lowest BCUT2D eigenvalue weighted by atomic mass is 10.0. The van der Waals surface area contributed by atoms with Gasteiger partial charge in [-0.15, -0.1) is 0 Å². The molecule has 3 nitrogen and oxygen atoms in total. The lowest BCUT2D eigenvalue weighted by Crippen LogP contribution is -2.01. The molecule has 0 unspecified atom stereocenters. The molecule has 0 bridgehead atoms. The highest BCUT2D eigenvalue weighted by Crippen LogP contribution is 2.55. The highest BCUT2D eigenvalue weighted by Gasteiger charge is 2.31. The summed E-state index contributed by atoms with van der Waals surface area (Å²) in [5, 5.41) is 0. The predicted octanol–water partition coefficient (Wildman–Crippen LogP) is 2.95. The van der Waals surface area contributed by atoms with E-state index >= 15 is 0 Å². The van der Waals surface area contributed by atoms with Crippen LogP contribution in [-0.4, -0.2) is 9.79 Å². The van der Waals surface area contributed by atoms with E-state index in [9.17, 15) is 14.4 Å². The smallest absolute Gasteiger partial charge is 0.324 e. The Kier molecular flexibility index (Phi) is 3.43. The second-order valence-corrected chi connectivity index (χ2v) is 5.51. The molecule has 2 N–H and O–H groups in total. The molecule has 88 valence electrons. The molecule has 2 rings (SSSR count). The minimum atomic E-state index is -4.22. The summed E-state index contributed by atoms with van der Waals surface area (Å²) in [5.74, 6) is 0. The molecule has 0 spiro atoms. The van der Waals surface area contributed by atoms with Crippen molar-refractivity contribution in [2.75, 3.05) is 0 Å². The van der Waals surface area contributed by atoms with Crippen LogP contribution < -0.4 is 0 Å². The van der Waals surface area contributed by atoms with Crippen LogP contribution in [0, 0.1) is 0 Å². The van der Waals surface area contributed by atoms with Crippen LogP contribution in [0.2, 0.25) is 0 Å². The molecule has 2 aromatic carbocycles. The molecule has 0 atom stereocenters. The zero-order valence-electron chi connectivity index (χ0n) is 9.10. The Morgan fingerprint density at radius 3 is 1.41 bits per heavy atom. The minimum Gasteiger partial charge on any atom is -0.324 e.